The van der Waals surface area contributed by atoms with Gasteiger partial charge in [-0.15, -0.1) is 12.4 Å². The second kappa shape index (κ2) is 10.1. The van der Waals surface area contributed by atoms with Crippen LogP contribution in [0.4, 0.5) is 11.5 Å². The minimum Gasteiger partial charge on any atom is -0.457 e. The number of aromatic nitrogens is 2. The van der Waals surface area contributed by atoms with E-state index in [-0.39, 0.29) is 12.4 Å². The zero-order chi connectivity index (χ0) is 19.0. The molecule has 4 rings (SSSR count). The minimum atomic E-state index is 0. The summed E-state index contributed by atoms with van der Waals surface area (Å²) in [4.78, 5) is 8.51. The van der Waals surface area contributed by atoms with Gasteiger partial charge in [0, 0.05) is 17.4 Å². The second-order valence-electron chi connectivity index (χ2n) is 6.14. The first-order valence-electron chi connectivity index (χ1n) is 9.00. The Morgan fingerprint density at radius 2 is 1.38 bits per heavy atom. The molecule has 29 heavy (non-hydrogen) atoms. The van der Waals surface area contributed by atoms with Crippen LogP contribution in [0.25, 0.3) is 12.2 Å². The maximum Gasteiger partial charge on any atom is 0.141 e. The number of nitrogens with one attached hydrogen (secondary N) is 1. The monoisotopic (exact) mass is 401 g/mol. The predicted molar refractivity (Wildman–Crippen MR) is 121 cm³/mol. The Hall–Kier alpha value is -3.63. The van der Waals surface area contributed by atoms with E-state index in [1.54, 1.807) is 6.20 Å². The summed E-state index contributed by atoms with van der Waals surface area (Å²) in [5.41, 5.74) is 2.96. The van der Waals surface area contributed by atoms with Gasteiger partial charge in [-0.1, -0.05) is 54.6 Å². The highest BCUT2D eigenvalue weighted by atomic mass is 35.5. The van der Waals surface area contributed by atoms with Crippen molar-refractivity contribution in [1.82, 2.24) is 9.97 Å². The van der Waals surface area contributed by atoms with E-state index < -0.39 is 0 Å². The highest BCUT2D eigenvalue weighted by Crippen LogP contribution is 2.25. The van der Waals surface area contributed by atoms with Gasteiger partial charge in [0.05, 0.1) is 0 Å². The number of halogens is 1. The van der Waals surface area contributed by atoms with E-state index in [0.29, 0.717) is 0 Å². The summed E-state index contributed by atoms with van der Waals surface area (Å²) in [6.45, 7) is 0. The molecule has 1 heterocycles. The average molecular weight is 402 g/mol. The van der Waals surface area contributed by atoms with E-state index >= 15 is 0 Å². The fraction of sp³-hybridized carbons (Fsp3) is 0. The van der Waals surface area contributed by atoms with E-state index in [4.69, 9.17) is 4.74 Å². The number of hydrogen-bond donors (Lipinski definition) is 1. The number of ether oxygens (including phenoxy) is 1. The van der Waals surface area contributed by atoms with Crippen LogP contribution in [0.2, 0.25) is 0 Å². The zero-order valence-electron chi connectivity index (χ0n) is 15.6. The van der Waals surface area contributed by atoms with Gasteiger partial charge in [0.15, 0.2) is 0 Å². The van der Waals surface area contributed by atoms with Crippen molar-refractivity contribution in [3.63, 3.8) is 0 Å². The molecule has 0 atom stereocenters. The topological polar surface area (TPSA) is 47.0 Å². The fourth-order valence-electron chi connectivity index (χ4n) is 2.68. The molecule has 0 saturated heterocycles. The third-order valence-corrected chi connectivity index (χ3v) is 4.09. The Labute approximate surface area is 176 Å². The number of benzene rings is 3. The van der Waals surface area contributed by atoms with Crippen LogP contribution in [0, 0.1) is 0 Å². The molecule has 0 aliphatic rings. The number of rotatable bonds is 6. The van der Waals surface area contributed by atoms with Gasteiger partial charge in [-0.3, -0.25) is 0 Å². The van der Waals surface area contributed by atoms with Crippen LogP contribution in [0.15, 0.2) is 97.5 Å². The molecule has 5 heteroatoms. The average Bonchev–Trinajstić information content (AvgIpc) is 2.76. The van der Waals surface area contributed by atoms with Crippen LogP contribution < -0.4 is 10.1 Å². The number of anilines is 2. The largest absolute Gasteiger partial charge is 0.457 e. The van der Waals surface area contributed by atoms with Gasteiger partial charge >= 0.3 is 0 Å². The second-order valence-corrected chi connectivity index (χ2v) is 6.14. The molecule has 4 aromatic rings. The maximum absolute atomic E-state index is 5.83. The minimum absolute atomic E-state index is 0. The van der Waals surface area contributed by atoms with Crippen molar-refractivity contribution in [2.75, 3.05) is 5.32 Å². The van der Waals surface area contributed by atoms with E-state index in [2.05, 4.69) is 27.4 Å². The van der Waals surface area contributed by atoms with Crippen LogP contribution in [-0.4, -0.2) is 9.97 Å². The van der Waals surface area contributed by atoms with Gasteiger partial charge < -0.3 is 10.1 Å². The highest BCUT2D eigenvalue weighted by Gasteiger charge is 2.03. The van der Waals surface area contributed by atoms with E-state index in [1.807, 2.05) is 84.9 Å². The van der Waals surface area contributed by atoms with Crippen molar-refractivity contribution in [2.45, 2.75) is 0 Å². The van der Waals surface area contributed by atoms with Crippen LogP contribution >= 0.6 is 12.4 Å². The van der Waals surface area contributed by atoms with Gasteiger partial charge in [-0.2, -0.15) is 0 Å². The summed E-state index contributed by atoms with van der Waals surface area (Å²) in [5, 5.41) is 3.34. The van der Waals surface area contributed by atoms with Gasteiger partial charge in [0.1, 0.15) is 23.6 Å². The summed E-state index contributed by atoms with van der Waals surface area (Å²) < 4.78 is 5.83. The van der Waals surface area contributed by atoms with Gasteiger partial charge in [-0.25, -0.2) is 9.97 Å². The first-order chi connectivity index (χ1) is 13.9. The lowest BCUT2D eigenvalue weighted by Gasteiger charge is -2.10. The van der Waals surface area contributed by atoms with Gasteiger partial charge in [0.2, 0.25) is 0 Å². The van der Waals surface area contributed by atoms with Crippen molar-refractivity contribution in [2.24, 2.45) is 0 Å². The molecule has 0 aliphatic heterocycles. The standard InChI is InChI=1S/C24H19N3O.ClH/c1-3-7-19(8-4-1)11-12-20-17-25-18-26-24(20)27-21-13-15-23(16-14-21)28-22-9-5-2-6-10-22;/h1-18H,(H,25,26,27);1H. The number of nitrogens with zero attached hydrogens (tertiary/aromatic N) is 2. The SMILES string of the molecule is C(=Cc1cncnc1Nc1ccc(Oc2ccccc2)cc1)c1ccccc1.Cl. The summed E-state index contributed by atoms with van der Waals surface area (Å²) in [5.74, 6) is 2.34. The first-order valence-corrected chi connectivity index (χ1v) is 9.00. The van der Waals surface area contributed by atoms with Gasteiger partial charge in [-0.05, 0) is 48.0 Å². The first kappa shape index (κ1) is 20.1. The Morgan fingerprint density at radius 1 is 0.724 bits per heavy atom. The van der Waals surface area contributed by atoms with E-state index in [1.165, 1.54) is 6.33 Å². The molecular weight excluding hydrogens is 382 g/mol. The molecular formula is C24H20ClN3O. The van der Waals surface area contributed by atoms with Crippen molar-refractivity contribution in [1.29, 1.82) is 0 Å². The molecule has 4 nitrogen and oxygen atoms in total. The lowest BCUT2D eigenvalue weighted by molar-refractivity contribution is 0.483. The normalized spacial score (nSPS) is 10.3. The molecule has 0 radical (unpaired) electrons. The number of para-hydroxylation sites is 1. The number of hydrogen-bond acceptors (Lipinski definition) is 4. The van der Waals surface area contributed by atoms with Crippen molar-refractivity contribution in [3.8, 4) is 11.5 Å². The molecule has 0 aliphatic carbocycles. The summed E-state index contributed by atoms with van der Waals surface area (Å²) in [7, 11) is 0. The third kappa shape index (κ3) is 5.67. The molecule has 0 spiro atoms. The molecule has 144 valence electrons. The molecule has 0 fully saturated rings. The molecule has 0 bridgehead atoms. The third-order valence-electron chi connectivity index (χ3n) is 4.09. The Morgan fingerprint density at radius 3 is 2.10 bits per heavy atom. The fourth-order valence-corrected chi connectivity index (χ4v) is 2.68. The van der Waals surface area contributed by atoms with Crippen LogP contribution in [0.5, 0.6) is 11.5 Å². The molecule has 1 N–H and O–H groups in total. The quantitative estimate of drug-likeness (QED) is 0.395. The van der Waals surface area contributed by atoms with Crippen LogP contribution in [0.3, 0.4) is 0 Å². The Bertz CT molecular complexity index is 1050. The zero-order valence-corrected chi connectivity index (χ0v) is 16.4. The molecule has 0 amide bonds. The lowest BCUT2D eigenvalue weighted by atomic mass is 10.2. The van der Waals surface area contributed by atoms with Crippen molar-refractivity contribution < 1.29 is 4.74 Å². The van der Waals surface area contributed by atoms with Crippen molar-refractivity contribution in [3.05, 3.63) is 109 Å². The lowest BCUT2D eigenvalue weighted by Crippen LogP contribution is -1.97. The molecule has 0 saturated carbocycles. The van der Waals surface area contributed by atoms with Crippen molar-refractivity contribution >= 4 is 36.1 Å². The Kier molecular flexibility index (Phi) is 6.98. The highest BCUT2D eigenvalue weighted by molar-refractivity contribution is 5.85. The summed E-state index contributed by atoms with van der Waals surface area (Å²) in [6.07, 6.45) is 7.38. The molecule has 0 unspecified atom stereocenters. The molecule has 1 aromatic heterocycles. The Balaban J connectivity index is 0.00000240. The maximum atomic E-state index is 5.83. The summed E-state index contributed by atoms with van der Waals surface area (Å²) >= 11 is 0. The van der Waals surface area contributed by atoms with Gasteiger partial charge in [0.25, 0.3) is 0 Å². The summed E-state index contributed by atoms with van der Waals surface area (Å²) in [6, 6.07) is 27.6. The smallest absolute Gasteiger partial charge is 0.141 e. The predicted octanol–water partition coefficient (Wildman–Crippen LogP) is 6.60. The van der Waals surface area contributed by atoms with E-state index in [0.717, 1.165) is 34.1 Å². The molecule has 3 aromatic carbocycles. The van der Waals surface area contributed by atoms with Crippen LogP contribution in [0.1, 0.15) is 11.1 Å². The van der Waals surface area contributed by atoms with E-state index in [9.17, 15) is 0 Å². The van der Waals surface area contributed by atoms with Crippen LogP contribution in [-0.2, 0) is 0 Å².